The Morgan fingerprint density at radius 1 is 1.33 bits per heavy atom. The summed E-state index contributed by atoms with van der Waals surface area (Å²) in [5.74, 6) is 5.69. The average Bonchev–Trinajstić information content (AvgIpc) is 2.09. The van der Waals surface area contributed by atoms with Gasteiger partial charge in [0.05, 0.1) is 6.61 Å². The zero-order valence-corrected chi connectivity index (χ0v) is 6.75. The highest BCUT2D eigenvalue weighted by molar-refractivity contribution is 5.55. The number of rotatable bonds is 1. The lowest BCUT2D eigenvalue weighted by Crippen LogP contribution is -1.88. The van der Waals surface area contributed by atoms with Gasteiger partial charge in [-0.25, -0.2) is 0 Å². The molecule has 1 rings (SSSR count). The van der Waals surface area contributed by atoms with E-state index in [0.29, 0.717) is 12.1 Å². The monoisotopic (exact) mass is 161 g/mol. The summed E-state index contributed by atoms with van der Waals surface area (Å²) >= 11 is 0. The van der Waals surface area contributed by atoms with Crippen LogP contribution in [0.15, 0.2) is 24.3 Å². The Morgan fingerprint density at radius 2 is 2.08 bits per heavy atom. The number of para-hydroxylation sites is 1. The molecule has 0 aliphatic rings. The fourth-order valence-electron chi connectivity index (χ4n) is 0.824. The van der Waals surface area contributed by atoms with Crippen LogP contribution in [0.25, 0.3) is 0 Å². The molecule has 0 heterocycles. The summed E-state index contributed by atoms with van der Waals surface area (Å²) in [7, 11) is 0. The molecule has 3 N–H and O–H groups in total. The molecule has 0 spiro atoms. The van der Waals surface area contributed by atoms with Crippen molar-refractivity contribution in [1.82, 2.24) is 0 Å². The Hall–Kier alpha value is -1.46. The molecule has 0 amide bonds. The first-order valence-electron chi connectivity index (χ1n) is 3.79. The molecule has 0 aliphatic heterocycles. The number of aliphatic hydroxyl groups excluding tert-OH is 1. The van der Waals surface area contributed by atoms with Crippen molar-refractivity contribution in [2.75, 3.05) is 12.3 Å². The van der Waals surface area contributed by atoms with E-state index in [2.05, 4.69) is 11.8 Å². The Balaban J connectivity index is 2.77. The van der Waals surface area contributed by atoms with E-state index in [9.17, 15) is 0 Å². The van der Waals surface area contributed by atoms with Crippen molar-refractivity contribution < 1.29 is 5.11 Å². The molecule has 0 saturated carbocycles. The summed E-state index contributed by atoms with van der Waals surface area (Å²) in [6.45, 7) is 0.0970. The Labute approximate surface area is 72.0 Å². The molecule has 2 heteroatoms. The first-order valence-corrected chi connectivity index (χ1v) is 3.79. The van der Waals surface area contributed by atoms with Crippen LogP contribution in [0.5, 0.6) is 0 Å². The van der Waals surface area contributed by atoms with E-state index < -0.39 is 0 Å². The molecule has 2 nitrogen and oxygen atoms in total. The quantitative estimate of drug-likeness (QED) is 0.477. The fraction of sp³-hybridized carbons (Fsp3) is 0.200. The number of hydrogen-bond donors (Lipinski definition) is 2. The van der Waals surface area contributed by atoms with Crippen molar-refractivity contribution in [3.8, 4) is 11.8 Å². The summed E-state index contributed by atoms with van der Waals surface area (Å²) in [5, 5.41) is 8.48. The molecule has 12 heavy (non-hydrogen) atoms. The Bertz CT molecular complexity index is 309. The van der Waals surface area contributed by atoms with Crippen LogP contribution in [0.2, 0.25) is 0 Å². The Morgan fingerprint density at radius 3 is 2.75 bits per heavy atom. The highest BCUT2D eigenvalue weighted by Gasteiger charge is 1.89. The predicted molar refractivity (Wildman–Crippen MR) is 49.4 cm³/mol. The SMILES string of the molecule is Nc1ccccc1C#CCCO. The van der Waals surface area contributed by atoms with Crippen LogP contribution in [0, 0.1) is 11.8 Å². The number of nitrogen functional groups attached to an aromatic ring is 1. The van der Waals surface area contributed by atoms with Crippen LogP contribution in [0.4, 0.5) is 5.69 Å². The van der Waals surface area contributed by atoms with Crippen molar-refractivity contribution in [3.63, 3.8) is 0 Å². The topological polar surface area (TPSA) is 46.2 Å². The van der Waals surface area contributed by atoms with Gasteiger partial charge in [-0.05, 0) is 12.1 Å². The number of aliphatic hydroxyl groups is 1. The average molecular weight is 161 g/mol. The van der Waals surface area contributed by atoms with Crippen LogP contribution in [0.1, 0.15) is 12.0 Å². The van der Waals surface area contributed by atoms with Crippen LogP contribution >= 0.6 is 0 Å². The minimum Gasteiger partial charge on any atom is -0.398 e. The van der Waals surface area contributed by atoms with Crippen molar-refractivity contribution in [1.29, 1.82) is 0 Å². The molecule has 0 atom stereocenters. The molecule has 0 fully saturated rings. The van der Waals surface area contributed by atoms with E-state index in [1.54, 1.807) is 0 Å². The second kappa shape index (κ2) is 4.42. The van der Waals surface area contributed by atoms with E-state index in [1.807, 2.05) is 24.3 Å². The van der Waals surface area contributed by atoms with Crippen molar-refractivity contribution in [2.45, 2.75) is 6.42 Å². The summed E-state index contributed by atoms with van der Waals surface area (Å²) in [5.41, 5.74) is 7.15. The van der Waals surface area contributed by atoms with Gasteiger partial charge in [-0.1, -0.05) is 24.0 Å². The van der Waals surface area contributed by atoms with E-state index in [0.717, 1.165) is 5.56 Å². The molecule has 0 saturated heterocycles. The summed E-state index contributed by atoms with van der Waals surface area (Å²) in [6, 6.07) is 7.43. The lowest BCUT2D eigenvalue weighted by molar-refractivity contribution is 0.305. The van der Waals surface area contributed by atoms with Crippen LogP contribution < -0.4 is 5.73 Å². The van der Waals surface area contributed by atoms with Gasteiger partial charge in [-0.3, -0.25) is 0 Å². The maximum atomic E-state index is 8.48. The van der Waals surface area contributed by atoms with Gasteiger partial charge in [0.25, 0.3) is 0 Å². The van der Waals surface area contributed by atoms with Crippen molar-refractivity contribution in [3.05, 3.63) is 29.8 Å². The number of nitrogens with two attached hydrogens (primary N) is 1. The smallest absolute Gasteiger partial charge is 0.0540 e. The van der Waals surface area contributed by atoms with Gasteiger partial charge in [-0.15, -0.1) is 0 Å². The molecule has 0 radical (unpaired) electrons. The molecular weight excluding hydrogens is 150 g/mol. The van der Waals surface area contributed by atoms with Gasteiger partial charge >= 0.3 is 0 Å². The number of anilines is 1. The Kier molecular flexibility index (Phi) is 3.18. The third-order valence-electron chi connectivity index (χ3n) is 1.42. The first kappa shape index (κ1) is 8.63. The third kappa shape index (κ3) is 2.30. The van der Waals surface area contributed by atoms with Gasteiger partial charge in [0.15, 0.2) is 0 Å². The minimum absolute atomic E-state index is 0.0970. The molecule has 62 valence electrons. The third-order valence-corrected chi connectivity index (χ3v) is 1.42. The van der Waals surface area contributed by atoms with Crippen LogP contribution in [-0.2, 0) is 0 Å². The molecular formula is C10H11NO. The fourth-order valence-corrected chi connectivity index (χ4v) is 0.824. The second-order valence-electron chi connectivity index (χ2n) is 2.36. The molecule has 1 aromatic rings. The molecule has 0 unspecified atom stereocenters. The normalized spacial score (nSPS) is 8.75. The summed E-state index contributed by atoms with van der Waals surface area (Å²) in [4.78, 5) is 0. The molecule has 0 bridgehead atoms. The van der Waals surface area contributed by atoms with E-state index in [1.165, 1.54) is 0 Å². The lowest BCUT2D eigenvalue weighted by atomic mass is 10.2. The maximum Gasteiger partial charge on any atom is 0.0540 e. The minimum atomic E-state index is 0.0970. The highest BCUT2D eigenvalue weighted by atomic mass is 16.2. The van der Waals surface area contributed by atoms with E-state index >= 15 is 0 Å². The molecule has 0 aromatic heterocycles. The lowest BCUT2D eigenvalue weighted by Gasteiger charge is -1.94. The summed E-state index contributed by atoms with van der Waals surface area (Å²) < 4.78 is 0. The molecule has 1 aromatic carbocycles. The summed E-state index contributed by atoms with van der Waals surface area (Å²) in [6.07, 6.45) is 0.494. The predicted octanol–water partition coefficient (Wildman–Crippen LogP) is 1.00. The second-order valence-corrected chi connectivity index (χ2v) is 2.36. The maximum absolute atomic E-state index is 8.48. The zero-order chi connectivity index (χ0) is 8.81. The van der Waals surface area contributed by atoms with Gasteiger partial charge in [0.1, 0.15) is 0 Å². The van der Waals surface area contributed by atoms with E-state index in [4.69, 9.17) is 10.8 Å². The van der Waals surface area contributed by atoms with Gasteiger partial charge in [0, 0.05) is 17.7 Å². The largest absolute Gasteiger partial charge is 0.398 e. The van der Waals surface area contributed by atoms with Crippen molar-refractivity contribution in [2.24, 2.45) is 0 Å². The highest BCUT2D eigenvalue weighted by Crippen LogP contribution is 2.07. The number of hydrogen-bond acceptors (Lipinski definition) is 2. The zero-order valence-electron chi connectivity index (χ0n) is 6.75. The number of benzene rings is 1. The van der Waals surface area contributed by atoms with E-state index in [-0.39, 0.29) is 6.61 Å². The standard InChI is InChI=1S/C10H11NO/c11-10-7-2-1-5-9(10)6-3-4-8-12/h1-2,5,7,12H,4,8,11H2. The first-order chi connectivity index (χ1) is 5.84. The van der Waals surface area contributed by atoms with Gasteiger partial charge < -0.3 is 10.8 Å². The van der Waals surface area contributed by atoms with Gasteiger partial charge in [-0.2, -0.15) is 0 Å². The van der Waals surface area contributed by atoms with Crippen LogP contribution in [-0.4, -0.2) is 11.7 Å². The molecule has 0 aliphatic carbocycles. The van der Waals surface area contributed by atoms with Gasteiger partial charge in [0.2, 0.25) is 0 Å². The van der Waals surface area contributed by atoms with Crippen LogP contribution in [0.3, 0.4) is 0 Å². The van der Waals surface area contributed by atoms with Crippen molar-refractivity contribution >= 4 is 5.69 Å².